The SMILES string of the molecule is COc1ccc(F)cc1[C@@H](C)Sc1ccn2ncc(C3=NC(C)(C)ON3)c2n1. The Morgan fingerprint density at radius 1 is 1.32 bits per heavy atom. The molecule has 1 atom stereocenters. The smallest absolute Gasteiger partial charge is 0.182 e. The topological polar surface area (TPSA) is 73.0 Å². The Balaban J connectivity index is 1.65. The van der Waals surface area contributed by atoms with Crippen LogP contribution in [0.25, 0.3) is 5.65 Å². The van der Waals surface area contributed by atoms with Gasteiger partial charge in [-0.15, -0.1) is 0 Å². The van der Waals surface area contributed by atoms with Crippen LogP contribution >= 0.6 is 11.8 Å². The normalized spacial score (nSPS) is 16.7. The van der Waals surface area contributed by atoms with Crippen molar-refractivity contribution in [2.45, 2.75) is 36.8 Å². The van der Waals surface area contributed by atoms with Gasteiger partial charge in [0.25, 0.3) is 0 Å². The number of methoxy groups -OCH3 is 1. The van der Waals surface area contributed by atoms with E-state index < -0.39 is 5.72 Å². The molecule has 0 aliphatic carbocycles. The number of thioether (sulfide) groups is 1. The number of nitrogens with zero attached hydrogens (tertiary/aromatic N) is 4. The molecule has 0 unspecified atom stereocenters. The molecule has 4 rings (SSSR count). The van der Waals surface area contributed by atoms with Crippen LogP contribution in [0.15, 0.2) is 46.7 Å². The van der Waals surface area contributed by atoms with Crippen LogP contribution in [0, 0.1) is 5.82 Å². The second-order valence-electron chi connectivity index (χ2n) is 6.85. The Kier molecular flexibility index (Phi) is 4.72. The highest BCUT2D eigenvalue weighted by molar-refractivity contribution is 7.99. The number of halogens is 1. The zero-order chi connectivity index (χ0) is 19.9. The highest BCUT2D eigenvalue weighted by atomic mass is 32.2. The third kappa shape index (κ3) is 3.55. The largest absolute Gasteiger partial charge is 0.496 e. The molecule has 0 spiro atoms. The Hall–Kier alpha value is -2.65. The maximum Gasteiger partial charge on any atom is 0.182 e. The Morgan fingerprint density at radius 3 is 2.86 bits per heavy atom. The van der Waals surface area contributed by atoms with Crippen LogP contribution in [0.3, 0.4) is 0 Å². The van der Waals surface area contributed by atoms with Gasteiger partial charge in [0.05, 0.1) is 18.9 Å². The van der Waals surface area contributed by atoms with Crippen molar-refractivity contribution in [2.24, 2.45) is 4.99 Å². The van der Waals surface area contributed by atoms with Crippen LogP contribution in [0.2, 0.25) is 0 Å². The number of hydroxylamine groups is 1. The lowest BCUT2D eigenvalue weighted by Gasteiger charge is -2.15. The van der Waals surface area contributed by atoms with E-state index in [1.54, 1.807) is 23.9 Å². The van der Waals surface area contributed by atoms with Gasteiger partial charge in [0, 0.05) is 17.0 Å². The summed E-state index contributed by atoms with van der Waals surface area (Å²) in [6.45, 7) is 5.72. The van der Waals surface area contributed by atoms with Gasteiger partial charge in [-0.3, -0.25) is 0 Å². The zero-order valence-electron chi connectivity index (χ0n) is 15.9. The van der Waals surface area contributed by atoms with E-state index in [1.165, 1.54) is 23.9 Å². The van der Waals surface area contributed by atoms with Gasteiger partial charge in [-0.2, -0.15) is 5.10 Å². The van der Waals surface area contributed by atoms with Crippen LogP contribution in [0.4, 0.5) is 4.39 Å². The average molecular weight is 401 g/mol. The van der Waals surface area contributed by atoms with E-state index in [0.717, 1.165) is 16.2 Å². The van der Waals surface area contributed by atoms with Crippen molar-refractivity contribution in [3.63, 3.8) is 0 Å². The summed E-state index contributed by atoms with van der Waals surface area (Å²) in [6, 6.07) is 6.40. The number of aromatic nitrogens is 3. The minimum atomic E-state index is -0.640. The van der Waals surface area contributed by atoms with E-state index in [9.17, 15) is 4.39 Å². The lowest BCUT2D eigenvalue weighted by atomic mass is 10.1. The third-order valence-corrected chi connectivity index (χ3v) is 5.38. The van der Waals surface area contributed by atoms with Gasteiger partial charge >= 0.3 is 0 Å². The minimum absolute atomic E-state index is 0.0591. The predicted octanol–water partition coefficient (Wildman–Crippen LogP) is 3.75. The van der Waals surface area contributed by atoms with Gasteiger partial charge in [0.2, 0.25) is 0 Å². The molecule has 0 radical (unpaired) electrons. The monoisotopic (exact) mass is 401 g/mol. The van der Waals surface area contributed by atoms with Crippen molar-refractivity contribution < 1.29 is 14.0 Å². The molecule has 0 bridgehead atoms. The Morgan fingerprint density at radius 2 is 2.14 bits per heavy atom. The number of nitrogens with one attached hydrogen (secondary N) is 1. The first-order valence-electron chi connectivity index (χ1n) is 8.75. The number of aliphatic imine (C=N–C) groups is 1. The fourth-order valence-electron chi connectivity index (χ4n) is 2.96. The van der Waals surface area contributed by atoms with Gasteiger partial charge in [-0.25, -0.2) is 29.2 Å². The van der Waals surface area contributed by atoms with Gasteiger partial charge < -0.3 is 4.74 Å². The molecule has 1 aromatic carbocycles. The predicted molar refractivity (Wildman–Crippen MR) is 105 cm³/mol. The summed E-state index contributed by atoms with van der Waals surface area (Å²) < 4.78 is 20.8. The number of fused-ring (bicyclic) bond motifs is 1. The van der Waals surface area contributed by atoms with Gasteiger partial charge in [-0.1, -0.05) is 11.8 Å². The molecule has 7 nitrogen and oxygen atoms in total. The van der Waals surface area contributed by atoms with Crippen LogP contribution in [-0.2, 0) is 4.84 Å². The average Bonchev–Trinajstić information content (AvgIpc) is 3.24. The summed E-state index contributed by atoms with van der Waals surface area (Å²) in [5.41, 5.74) is 4.39. The number of rotatable bonds is 5. The van der Waals surface area contributed by atoms with Gasteiger partial charge in [0.1, 0.15) is 16.6 Å². The first kappa shape index (κ1) is 18.7. The maximum absolute atomic E-state index is 13.7. The van der Waals surface area contributed by atoms with Crippen LogP contribution < -0.4 is 10.2 Å². The summed E-state index contributed by atoms with van der Waals surface area (Å²) in [5.74, 6) is 0.948. The van der Waals surface area contributed by atoms with Crippen LogP contribution in [0.5, 0.6) is 5.75 Å². The number of amidine groups is 1. The van der Waals surface area contributed by atoms with Crippen molar-refractivity contribution >= 4 is 23.2 Å². The molecule has 0 saturated carbocycles. The number of benzene rings is 1. The number of hydrogen-bond donors (Lipinski definition) is 1. The molecule has 0 saturated heterocycles. The minimum Gasteiger partial charge on any atom is -0.496 e. The van der Waals surface area contributed by atoms with Crippen LogP contribution in [0.1, 0.15) is 37.1 Å². The number of ether oxygens (including phenoxy) is 1. The summed E-state index contributed by atoms with van der Waals surface area (Å²) in [5, 5.41) is 5.05. The molecular formula is C19H20FN5O2S. The molecule has 2 aromatic heterocycles. The molecule has 9 heteroatoms. The second-order valence-corrected chi connectivity index (χ2v) is 8.21. The first-order valence-corrected chi connectivity index (χ1v) is 9.63. The summed E-state index contributed by atoms with van der Waals surface area (Å²) in [7, 11) is 1.58. The highest BCUT2D eigenvalue weighted by Crippen LogP contribution is 2.38. The molecule has 0 fully saturated rings. The van der Waals surface area contributed by atoms with E-state index in [-0.39, 0.29) is 11.1 Å². The molecular weight excluding hydrogens is 381 g/mol. The first-order chi connectivity index (χ1) is 13.4. The Bertz CT molecular complexity index is 1070. The van der Waals surface area contributed by atoms with Crippen LogP contribution in [-0.4, -0.2) is 33.3 Å². The summed E-state index contributed by atoms with van der Waals surface area (Å²) >= 11 is 1.51. The summed E-state index contributed by atoms with van der Waals surface area (Å²) in [4.78, 5) is 14.7. The van der Waals surface area contributed by atoms with Crippen molar-refractivity contribution in [3.8, 4) is 5.75 Å². The third-order valence-electron chi connectivity index (χ3n) is 4.30. The molecule has 1 aliphatic rings. The highest BCUT2D eigenvalue weighted by Gasteiger charge is 2.28. The van der Waals surface area contributed by atoms with E-state index >= 15 is 0 Å². The summed E-state index contributed by atoms with van der Waals surface area (Å²) in [6.07, 6.45) is 3.54. The zero-order valence-corrected chi connectivity index (χ0v) is 16.7. The van der Waals surface area contributed by atoms with Gasteiger partial charge in [0.15, 0.2) is 17.2 Å². The lowest BCUT2D eigenvalue weighted by molar-refractivity contribution is -0.0269. The van der Waals surface area contributed by atoms with E-state index in [2.05, 4.69) is 15.6 Å². The van der Waals surface area contributed by atoms with Crippen molar-refractivity contribution in [1.29, 1.82) is 0 Å². The molecule has 146 valence electrons. The van der Waals surface area contributed by atoms with Crippen molar-refractivity contribution in [3.05, 3.63) is 53.6 Å². The van der Waals surface area contributed by atoms with E-state index in [4.69, 9.17) is 14.6 Å². The fraction of sp³-hybridized carbons (Fsp3) is 0.316. The molecule has 3 heterocycles. The lowest BCUT2D eigenvalue weighted by Crippen LogP contribution is -2.23. The molecule has 28 heavy (non-hydrogen) atoms. The molecule has 0 amide bonds. The fourth-order valence-corrected chi connectivity index (χ4v) is 3.91. The van der Waals surface area contributed by atoms with E-state index in [0.29, 0.717) is 17.2 Å². The van der Waals surface area contributed by atoms with Crippen molar-refractivity contribution in [2.75, 3.05) is 7.11 Å². The quantitative estimate of drug-likeness (QED) is 0.519. The molecule has 3 aromatic rings. The van der Waals surface area contributed by atoms with Gasteiger partial charge in [-0.05, 0) is 45.0 Å². The van der Waals surface area contributed by atoms with Crippen molar-refractivity contribution in [1.82, 2.24) is 20.1 Å². The standard InChI is InChI=1S/C19H20FN5O2S/c1-11(13-9-12(20)5-6-15(13)26-4)28-16-7-8-25-18(22-16)14(10-21-25)17-23-19(2,3)27-24-17/h5-11H,1-4H3,(H,23,24)/t11-/m1/s1. The molecule has 1 aliphatic heterocycles. The second kappa shape index (κ2) is 7.06. The molecule has 1 N–H and O–H groups in total. The Labute approximate surface area is 165 Å². The number of hydrogen-bond acceptors (Lipinski definition) is 7. The van der Waals surface area contributed by atoms with E-state index in [1.807, 2.05) is 33.0 Å². The maximum atomic E-state index is 13.7.